The molecule has 0 spiro atoms. The van der Waals surface area contributed by atoms with E-state index in [2.05, 4.69) is 31.8 Å². The zero-order chi connectivity index (χ0) is 10.9. The van der Waals surface area contributed by atoms with Crippen LogP contribution in [0.3, 0.4) is 0 Å². The van der Waals surface area contributed by atoms with E-state index in [1.54, 1.807) is 0 Å². The van der Waals surface area contributed by atoms with Crippen molar-refractivity contribution in [1.29, 1.82) is 0 Å². The number of rotatable bonds is 3. The third-order valence-corrected chi connectivity index (χ3v) is 2.34. The molecule has 0 saturated heterocycles. The second-order valence-electron chi connectivity index (χ2n) is 4.09. The van der Waals surface area contributed by atoms with Crippen LogP contribution in [0.5, 0.6) is 0 Å². The van der Waals surface area contributed by atoms with Gasteiger partial charge >= 0.3 is 0 Å². The first-order chi connectivity index (χ1) is 5.55. The van der Waals surface area contributed by atoms with E-state index >= 15 is 0 Å². The van der Waals surface area contributed by atoms with Gasteiger partial charge in [-0.25, -0.2) is 0 Å². The van der Waals surface area contributed by atoms with Crippen LogP contribution in [0.2, 0.25) is 0 Å². The summed E-state index contributed by atoms with van der Waals surface area (Å²) in [5, 5.41) is 9.10. The lowest BCUT2D eigenvalue weighted by Gasteiger charge is -2.18. The van der Waals surface area contributed by atoms with Crippen molar-refractivity contribution in [2.24, 2.45) is 0 Å². The number of hydrogen-bond donors (Lipinski definition) is 1. The van der Waals surface area contributed by atoms with Crippen LogP contribution in [-0.2, 0) is 4.79 Å². The molecule has 0 aliphatic carbocycles. The Morgan fingerprint density at radius 1 is 1.38 bits per heavy atom. The minimum absolute atomic E-state index is 0.0684. The number of hydrogen-bond acceptors (Lipinski definition) is 2. The van der Waals surface area contributed by atoms with Gasteiger partial charge in [0.05, 0.1) is 3.42 Å². The molecule has 4 heteroatoms. The quantitative estimate of drug-likeness (QED) is 0.286. The Labute approximate surface area is 95.5 Å². The maximum Gasteiger partial charge on any atom is 0.174 e. The summed E-state index contributed by atoms with van der Waals surface area (Å²) in [6, 6.07) is 0. The first-order valence-electron chi connectivity index (χ1n) is 3.98. The summed E-state index contributed by atoms with van der Waals surface area (Å²) in [5.74, 6) is 0.0355. The van der Waals surface area contributed by atoms with Crippen LogP contribution >= 0.6 is 31.8 Å². The molecule has 76 valence electrons. The molecule has 0 rings (SSSR count). The van der Waals surface area contributed by atoms with Crippen LogP contribution in [-0.4, -0.2) is 19.5 Å². The van der Waals surface area contributed by atoms with Gasteiger partial charge in [-0.2, -0.15) is 0 Å². The van der Waals surface area contributed by atoms with Crippen molar-refractivity contribution in [3.05, 3.63) is 11.8 Å². The van der Waals surface area contributed by atoms with Crippen LogP contribution in [0, 0.1) is 0 Å². The van der Waals surface area contributed by atoms with Gasteiger partial charge in [-0.3, -0.25) is 4.79 Å². The number of aliphatic hydroxyl groups excluding tert-OH is 1. The Hall–Kier alpha value is 0.370. The molecule has 0 bridgehead atoms. The van der Waals surface area contributed by atoms with Gasteiger partial charge in [0.15, 0.2) is 5.78 Å². The van der Waals surface area contributed by atoms with Gasteiger partial charge < -0.3 is 5.11 Å². The van der Waals surface area contributed by atoms with Crippen LogP contribution in [0.15, 0.2) is 11.8 Å². The Morgan fingerprint density at radius 3 is 2.00 bits per heavy atom. The number of halogens is 1. The highest BCUT2D eigenvalue weighted by Crippen LogP contribution is 2.26. The molecule has 0 aliphatic heterocycles. The minimum atomic E-state index is -0.457. The second kappa shape index (κ2) is 4.26. The van der Waals surface area contributed by atoms with E-state index in [9.17, 15) is 9.90 Å². The molecule has 13 heavy (non-hydrogen) atoms. The van der Waals surface area contributed by atoms with Gasteiger partial charge in [0.25, 0.3) is 0 Å². The molecule has 0 aromatic rings. The van der Waals surface area contributed by atoms with Crippen LogP contribution in [0.1, 0.15) is 27.7 Å². The summed E-state index contributed by atoms with van der Waals surface area (Å²) in [6.07, 6.45) is 1.30. The first kappa shape index (κ1) is 13.4. The van der Waals surface area contributed by atoms with E-state index in [0.717, 1.165) is 0 Å². The van der Waals surface area contributed by atoms with Crippen molar-refractivity contribution in [3.63, 3.8) is 0 Å². The number of carbonyl (C=O) groups is 1. The predicted octanol–water partition coefficient (Wildman–Crippen LogP) is 2.86. The molecule has 0 amide bonds. The number of alkyl halides is 1. The number of ketones is 1. The number of allylic oxidation sites excluding steroid dienone is 2. The van der Waals surface area contributed by atoms with Crippen molar-refractivity contribution in [2.75, 3.05) is 0 Å². The van der Waals surface area contributed by atoms with E-state index in [1.165, 1.54) is 6.08 Å². The number of carbonyl (C=O) groups excluding carboxylic acids is 1. The fourth-order valence-electron chi connectivity index (χ4n) is 0.482. The SMILES string of the molecule is CC(C)(I)C(=O)/C=C(\O)C(C)(C)P. The molecule has 2 nitrogen and oxygen atoms in total. The molecule has 1 unspecified atom stereocenters. The van der Waals surface area contributed by atoms with Gasteiger partial charge in [-0.1, -0.05) is 22.6 Å². The van der Waals surface area contributed by atoms with Gasteiger partial charge in [0.1, 0.15) is 5.76 Å². The minimum Gasteiger partial charge on any atom is -0.511 e. The summed E-state index contributed by atoms with van der Waals surface area (Å²) in [4.78, 5) is 11.5. The fraction of sp³-hybridized carbons (Fsp3) is 0.667. The summed E-state index contributed by atoms with van der Waals surface area (Å²) in [7, 11) is 2.49. The van der Waals surface area contributed by atoms with Crippen molar-refractivity contribution < 1.29 is 9.90 Å². The molecule has 0 aromatic heterocycles. The summed E-state index contributed by atoms with van der Waals surface area (Å²) < 4.78 is -0.457. The largest absolute Gasteiger partial charge is 0.511 e. The first-order valence-corrected chi connectivity index (χ1v) is 5.64. The topological polar surface area (TPSA) is 37.3 Å². The molecule has 1 atom stereocenters. The lowest BCUT2D eigenvalue weighted by Crippen LogP contribution is -2.24. The Kier molecular flexibility index (Phi) is 4.38. The molecular formula is C9H16IO2P. The van der Waals surface area contributed by atoms with E-state index in [1.807, 2.05) is 27.7 Å². The zero-order valence-electron chi connectivity index (χ0n) is 8.39. The zero-order valence-corrected chi connectivity index (χ0v) is 11.7. The van der Waals surface area contributed by atoms with Crippen molar-refractivity contribution >= 4 is 37.6 Å². The number of aliphatic hydroxyl groups is 1. The predicted molar refractivity (Wildman–Crippen MR) is 67.6 cm³/mol. The van der Waals surface area contributed by atoms with Crippen molar-refractivity contribution in [1.82, 2.24) is 0 Å². The molecular weight excluding hydrogens is 298 g/mol. The highest BCUT2D eigenvalue weighted by Gasteiger charge is 2.24. The Morgan fingerprint density at radius 2 is 1.77 bits per heavy atom. The average molecular weight is 314 g/mol. The highest BCUT2D eigenvalue weighted by molar-refractivity contribution is 14.1. The van der Waals surface area contributed by atoms with Gasteiger partial charge in [-0.05, 0) is 27.7 Å². The Balaban J connectivity index is 4.70. The van der Waals surface area contributed by atoms with Gasteiger partial charge in [0.2, 0.25) is 0 Å². The maximum atomic E-state index is 11.5. The van der Waals surface area contributed by atoms with Crippen LogP contribution in [0.4, 0.5) is 0 Å². The third kappa shape index (κ3) is 4.96. The molecule has 0 heterocycles. The fourth-order valence-corrected chi connectivity index (χ4v) is 0.721. The van der Waals surface area contributed by atoms with E-state index in [-0.39, 0.29) is 11.5 Å². The molecule has 0 aliphatic rings. The van der Waals surface area contributed by atoms with Crippen LogP contribution < -0.4 is 0 Å². The lowest BCUT2D eigenvalue weighted by molar-refractivity contribution is -0.115. The van der Waals surface area contributed by atoms with Crippen molar-refractivity contribution in [2.45, 2.75) is 36.3 Å². The molecule has 1 N–H and O–H groups in total. The standard InChI is InChI=1S/C9H16IO2P/c1-8(2,10)6(11)5-7(12)9(3,4)13/h5,12H,13H2,1-4H3/b7-5-. The maximum absolute atomic E-state index is 11.5. The Bertz CT molecular complexity index is 233. The monoisotopic (exact) mass is 314 g/mol. The summed E-state index contributed by atoms with van der Waals surface area (Å²) in [6.45, 7) is 7.29. The molecule has 0 aromatic carbocycles. The van der Waals surface area contributed by atoms with E-state index < -0.39 is 8.58 Å². The van der Waals surface area contributed by atoms with E-state index in [4.69, 9.17) is 0 Å². The van der Waals surface area contributed by atoms with E-state index in [0.29, 0.717) is 0 Å². The normalized spacial score (nSPS) is 14.5. The summed E-state index contributed by atoms with van der Waals surface area (Å²) in [5.41, 5.74) is 0. The lowest BCUT2D eigenvalue weighted by atomic mass is 10.0. The summed E-state index contributed by atoms with van der Waals surface area (Å²) >= 11 is 2.05. The third-order valence-electron chi connectivity index (χ3n) is 1.51. The highest BCUT2D eigenvalue weighted by atomic mass is 127. The molecule has 0 fully saturated rings. The molecule has 0 radical (unpaired) electrons. The van der Waals surface area contributed by atoms with Crippen LogP contribution in [0.25, 0.3) is 0 Å². The average Bonchev–Trinajstić information content (AvgIpc) is 1.82. The molecule has 0 saturated carbocycles. The van der Waals surface area contributed by atoms with Gasteiger partial charge in [0, 0.05) is 11.2 Å². The second-order valence-corrected chi connectivity index (χ2v) is 8.23. The van der Waals surface area contributed by atoms with Crippen molar-refractivity contribution in [3.8, 4) is 0 Å². The van der Waals surface area contributed by atoms with Gasteiger partial charge in [-0.15, -0.1) is 9.24 Å². The smallest absolute Gasteiger partial charge is 0.174 e.